The van der Waals surface area contributed by atoms with Gasteiger partial charge in [0.1, 0.15) is 6.54 Å². The highest BCUT2D eigenvalue weighted by molar-refractivity contribution is 6.22. The lowest BCUT2D eigenvalue weighted by Gasteiger charge is -2.13. The van der Waals surface area contributed by atoms with E-state index in [9.17, 15) is 28.8 Å². The van der Waals surface area contributed by atoms with Crippen molar-refractivity contribution in [3.63, 3.8) is 0 Å². The summed E-state index contributed by atoms with van der Waals surface area (Å²) in [5, 5.41) is 0. The summed E-state index contributed by atoms with van der Waals surface area (Å²) < 4.78 is 10.3. The standard InChI is InChI=1S/C39H27NO8/c41-34(29-15-11-27(12-16-29)25-7-3-1-4-8-25)23-47-36(43)22-40-37(44)32-20-19-31(21-33(32)38(40)45)39(46)48-24-35(42)30-17-13-28(14-18-30)26-9-5-2-6-10-26/h1-21H,22-24H2. The molecular weight excluding hydrogens is 610 g/mol. The van der Waals surface area contributed by atoms with Crippen LogP contribution in [-0.2, 0) is 14.3 Å². The summed E-state index contributed by atoms with van der Waals surface area (Å²) in [6.45, 7) is -1.82. The first-order valence-corrected chi connectivity index (χ1v) is 15.0. The molecule has 0 saturated heterocycles. The number of carbonyl (C=O) groups excluding carboxylic acids is 6. The summed E-state index contributed by atoms with van der Waals surface area (Å²) in [5.41, 5.74) is 4.39. The van der Waals surface area contributed by atoms with Crippen molar-refractivity contribution in [3.05, 3.63) is 155 Å². The van der Waals surface area contributed by atoms with Crippen molar-refractivity contribution in [2.24, 2.45) is 0 Å². The fourth-order valence-electron chi connectivity index (χ4n) is 5.22. The third kappa shape index (κ3) is 6.85. The number of ether oxygens (including phenoxy) is 2. The lowest BCUT2D eigenvalue weighted by atomic mass is 10.0. The quantitative estimate of drug-likeness (QED) is 0.0970. The predicted molar refractivity (Wildman–Crippen MR) is 175 cm³/mol. The number of Topliss-reactive ketones (excluding diaryl/α,β-unsaturated/α-hetero) is 2. The molecule has 1 heterocycles. The molecule has 2 amide bonds. The van der Waals surface area contributed by atoms with E-state index in [1.165, 1.54) is 18.2 Å². The van der Waals surface area contributed by atoms with Crippen LogP contribution in [0, 0.1) is 0 Å². The molecule has 236 valence electrons. The molecule has 0 spiro atoms. The number of rotatable bonds is 11. The number of imide groups is 1. The number of hydrogen-bond donors (Lipinski definition) is 0. The molecule has 0 atom stereocenters. The topological polar surface area (TPSA) is 124 Å². The van der Waals surface area contributed by atoms with E-state index in [0.29, 0.717) is 16.0 Å². The zero-order valence-electron chi connectivity index (χ0n) is 25.5. The van der Waals surface area contributed by atoms with Gasteiger partial charge >= 0.3 is 11.9 Å². The van der Waals surface area contributed by atoms with Crippen molar-refractivity contribution in [2.75, 3.05) is 19.8 Å². The Kier molecular flexibility index (Phi) is 9.11. The number of carbonyl (C=O) groups is 6. The van der Waals surface area contributed by atoms with Crippen LogP contribution in [0.15, 0.2) is 127 Å². The predicted octanol–water partition coefficient (Wildman–Crippen LogP) is 6.08. The van der Waals surface area contributed by atoms with Crippen molar-refractivity contribution in [2.45, 2.75) is 0 Å². The van der Waals surface area contributed by atoms with Gasteiger partial charge in [-0.3, -0.25) is 28.9 Å². The van der Waals surface area contributed by atoms with Crippen LogP contribution in [-0.4, -0.2) is 60.0 Å². The minimum absolute atomic E-state index is 0.00601. The van der Waals surface area contributed by atoms with Crippen LogP contribution in [0.1, 0.15) is 51.8 Å². The summed E-state index contributed by atoms with van der Waals surface area (Å²) in [5.74, 6) is -4.23. The largest absolute Gasteiger partial charge is 0.456 e. The first kappa shape index (κ1) is 31.5. The Morgan fingerprint density at radius 3 is 1.44 bits per heavy atom. The molecule has 48 heavy (non-hydrogen) atoms. The molecule has 0 fully saturated rings. The van der Waals surface area contributed by atoms with E-state index in [1.54, 1.807) is 48.5 Å². The van der Waals surface area contributed by atoms with E-state index >= 15 is 0 Å². The molecule has 0 saturated carbocycles. The zero-order valence-corrected chi connectivity index (χ0v) is 25.5. The minimum atomic E-state index is -0.950. The van der Waals surface area contributed by atoms with Gasteiger partial charge in [0.05, 0.1) is 16.7 Å². The fourth-order valence-corrected chi connectivity index (χ4v) is 5.22. The van der Waals surface area contributed by atoms with Gasteiger partial charge in [-0.1, -0.05) is 109 Å². The Hall–Kier alpha value is -6.48. The normalized spacial score (nSPS) is 12.0. The second-order valence-corrected chi connectivity index (χ2v) is 10.9. The fraction of sp³-hybridized carbons (Fsp3) is 0.0769. The highest BCUT2D eigenvalue weighted by Gasteiger charge is 2.37. The molecule has 0 N–H and O–H groups in total. The molecule has 0 aromatic heterocycles. The highest BCUT2D eigenvalue weighted by atomic mass is 16.5. The summed E-state index contributed by atoms with van der Waals surface area (Å²) in [4.78, 5) is 77.1. The Labute approximate surface area is 275 Å². The summed E-state index contributed by atoms with van der Waals surface area (Å²) >= 11 is 0. The average Bonchev–Trinajstić information content (AvgIpc) is 3.37. The summed E-state index contributed by atoms with van der Waals surface area (Å²) in [6.07, 6.45) is 0. The molecule has 5 aromatic carbocycles. The Balaban J connectivity index is 1.01. The molecule has 5 aromatic rings. The van der Waals surface area contributed by atoms with Crippen molar-refractivity contribution < 1.29 is 38.2 Å². The van der Waals surface area contributed by atoms with Gasteiger partial charge in [0, 0.05) is 11.1 Å². The maximum atomic E-state index is 13.0. The van der Waals surface area contributed by atoms with Crippen LogP contribution < -0.4 is 0 Å². The van der Waals surface area contributed by atoms with E-state index in [2.05, 4.69) is 0 Å². The Morgan fingerprint density at radius 1 is 0.479 bits per heavy atom. The second-order valence-electron chi connectivity index (χ2n) is 10.9. The molecule has 0 bridgehead atoms. The maximum absolute atomic E-state index is 13.0. The van der Waals surface area contributed by atoms with Gasteiger partial charge in [-0.15, -0.1) is 0 Å². The summed E-state index contributed by atoms with van der Waals surface area (Å²) in [6, 6.07) is 36.8. The van der Waals surface area contributed by atoms with Gasteiger partial charge in [-0.05, 0) is 40.5 Å². The number of hydrogen-bond acceptors (Lipinski definition) is 8. The van der Waals surface area contributed by atoms with Crippen LogP contribution >= 0.6 is 0 Å². The molecule has 9 heteroatoms. The zero-order chi connectivity index (χ0) is 33.6. The van der Waals surface area contributed by atoms with E-state index in [0.717, 1.165) is 22.3 Å². The van der Waals surface area contributed by atoms with Crippen LogP contribution in [0.2, 0.25) is 0 Å². The number of amides is 2. The van der Waals surface area contributed by atoms with E-state index in [4.69, 9.17) is 9.47 Å². The summed E-state index contributed by atoms with van der Waals surface area (Å²) in [7, 11) is 0. The van der Waals surface area contributed by atoms with E-state index < -0.39 is 55.1 Å². The van der Waals surface area contributed by atoms with Gasteiger partial charge in [-0.2, -0.15) is 0 Å². The first-order chi connectivity index (χ1) is 23.3. The van der Waals surface area contributed by atoms with Crippen molar-refractivity contribution in [1.82, 2.24) is 4.90 Å². The van der Waals surface area contributed by atoms with Gasteiger partial charge in [-0.25, -0.2) is 4.79 Å². The Morgan fingerprint density at radius 2 is 0.917 bits per heavy atom. The third-order valence-corrected chi connectivity index (χ3v) is 7.82. The van der Waals surface area contributed by atoms with Crippen LogP contribution in [0.3, 0.4) is 0 Å². The number of benzene rings is 5. The monoisotopic (exact) mass is 637 g/mol. The van der Waals surface area contributed by atoms with Gasteiger partial charge in [0.15, 0.2) is 24.8 Å². The van der Waals surface area contributed by atoms with E-state index in [1.807, 2.05) is 60.7 Å². The number of nitrogens with zero attached hydrogens (tertiary/aromatic N) is 1. The average molecular weight is 638 g/mol. The second kappa shape index (κ2) is 13.9. The maximum Gasteiger partial charge on any atom is 0.338 e. The number of fused-ring (bicyclic) bond motifs is 1. The van der Waals surface area contributed by atoms with Crippen LogP contribution in [0.25, 0.3) is 22.3 Å². The third-order valence-electron chi connectivity index (χ3n) is 7.82. The van der Waals surface area contributed by atoms with Gasteiger partial charge in [0.25, 0.3) is 11.8 Å². The Bertz CT molecular complexity index is 2040. The highest BCUT2D eigenvalue weighted by Crippen LogP contribution is 2.25. The van der Waals surface area contributed by atoms with Crippen LogP contribution in [0.4, 0.5) is 0 Å². The molecule has 1 aliphatic heterocycles. The van der Waals surface area contributed by atoms with Crippen LogP contribution in [0.5, 0.6) is 0 Å². The number of esters is 2. The number of ketones is 2. The molecule has 9 nitrogen and oxygen atoms in total. The van der Waals surface area contributed by atoms with Crippen molar-refractivity contribution in [1.29, 1.82) is 0 Å². The first-order valence-electron chi connectivity index (χ1n) is 15.0. The molecular formula is C39H27NO8. The van der Waals surface area contributed by atoms with Gasteiger partial charge < -0.3 is 9.47 Å². The minimum Gasteiger partial charge on any atom is -0.456 e. The SMILES string of the molecule is O=C(CN1C(=O)c2ccc(C(=O)OCC(=O)c3ccc(-c4ccccc4)cc3)cc2C1=O)OCC(=O)c1ccc(-c2ccccc2)cc1. The molecule has 0 unspecified atom stereocenters. The van der Waals surface area contributed by atoms with Gasteiger partial charge in [0.2, 0.25) is 0 Å². The molecule has 6 rings (SSSR count). The van der Waals surface area contributed by atoms with E-state index in [-0.39, 0.29) is 16.7 Å². The lowest BCUT2D eigenvalue weighted by Crippen LogP contribution is -2.36. The smallest absolute Gasteiger partial charge is 0.338 e. The van der Waals surface area contributed by atoms with Crippen molar-refractivity contribution >= 4 is 35.3 Å². The molecule has 1 aliphatic rings. The molecule has 0 aliphatic carbocycles. The lowest BCUT2D eigenvalue weighted by molar-refractivity contribution is -0.142. The van der Waals surface area contributed by atoms with Crippen molar-refractivity contribution in [3.8, 4) is 22.3 Å². The molecule has 0 radical (unpaired) electrons.